The van der Waals surface area contributed by atoms with Crippen molar-refractivity contribution in [1.82, 2.24) is 0 Å². The predicted molar refractivity (Wildman–Crippen MR) is 88.5 cm³/mol. The van der Waals surface area contributed by atoms with Gasteiger partial charge < -0.3 is 10.6 Å². The molecule has 1 heterocycles. The van der Waals surface area contributed by atoms with Crippen molar-refractivity contribution in [3.63, 3.8) is 0 Å². The third-order valence-electron chi connectivity index (χ3n) is 4.11. The molecule has 1 aromatic rings. The fourth-order valence-electron chi connectivity index (χ4n) is 3.19. The van der Waals surface area contributed by atoms with Crippen molar-refractivity contribution in [2.24, 2.45) is 17.1 Å². The van der Waals surface area contributed by atoms with Gasteiger partial charge in [-0.25, -0.2) is 0 Å². The van der Waals surface area contributed by atoms with Gasteiger partial charge in [0.2, 0.25) is 5.91 Å². The summed E-state index contributed by atoms with van der Waals surface area (Å²) in [6, 6.07) is 6.38. The maximum absolute atomic E-state index is 12.9. The molecule has 0 saturated carbocycles. The van der Waals surface area contributed by atoms with E-state index in [1.165, 1.54) is 11.1 Å². The van der Waals surface area contributed by atoms with Crippen LogP contribution < -0.4 is 10.6 Å². The highest BCUT2D eigenvalue weighted by atomic mass is 16.2. The summed E-state index contributed by atoms with van der Waals surface area (Å²) < 4.78 is 0. The number of nitrogens with zero attached hydrogens (tertiary/aromatic N) is 1. The molecule has 0 fully saturated rings. The van der Waals surface area contributed by atoms with Crippen LogP contribution in [0.15, 0.2) is 18.2 Å². The third-order valence-corrected chi connectivity index (χ3v) is 4.11. The number of fused-ring (bicyclic) bond motifs is 1. The van der Waals surface area contributed by atoms with Gasteiger partial charge in [-0.15, -0.1) is 0 Å². The lowest BCUT2D eigenvalue weighted by atomic mass is 9.83. The Hall–Kier alpha value is -1.35. The van der Waals surface area contributed by atoms with Gasteiger partial charge >= 0.3 is 0 Å². The highest BCUT2D eigenvalue weighted by Gasteiger charge is 2.30. The second kappa shape index (κ2) is 6.18. The molecule has 0 spiro atoms. The zero-order chi connectivity index (χ0) is 15.6. The molecule has 3 nitrogen and oxygen atoms in total. The van der Waals surface area contributed by atoms with E-state index in [1.807, 2.05) is 4.90 Å². The van der Waals surface area contributed by atoms with E-state index in [-0.39, 0.29) is 17.2 Å². The molecule has 1 aromatic carbocycles. The van der Waals surface area contributed by atoms with E-state index in [0.29, 0.717) is 6.54 Å². The van der Waals surface area contributed by atoms with E-state index in [9.17, 15) is 4.79 Å². The van der Waals surface area contributed by atoms with Crippen LogP contribution in [0.25, 0.3) is 0 Å². The average molecular weight is 288 g/mol. The lowest BCUT2D eigenvalue weighted by molar-refractivity contribution is -0.123. The van der Waals surface area contributed by atoms with Crippen LogP contribution in [-0.4, -0.2) is 19.0 Å². The second-order valence-corrected chi connectivity index (χ2v) is 7.42. The van der Waals surface area contributed by atoms with Gasteiger partial charge in [0, 0.05) is 18.8 Å². The Morgan fingerprint density at radius 3 is 2.71 bits per heavy atom. The summed E-state index contributed by atoms with van der Waals surface area (Å²) >= 11 is 0. The van der Waals surface area contributed by atoms with E-state index in [4.69, 9.17) is 5.73 Å². The van der Waals surface area contributed by atoms with Crippen molar-refractivity contribution in [2.45, 2.75) is 47.0 Å². The highest BCUT2D eigenvalue weighted by molar-refractivity contribution is 5.96. The van der Waals surface area contributed by atoms with Crippen molar-refractivity contribution in [3.05, 3.63) is 29.3 Å². The molecule has 0 bridgehead atoms. The van der Waals surface area contributed by atoms with Gasteiger partial charge in [-0.1, -0.05) is 38.5 Å². The van der Waals surface area contributed by atoms with Gasteiger partial charge in [0.05, 0.1) is 5.92 Å². The standard InChI is InChI=1S/C18H28N2O/c1-13-7-8-16-14(10-13)6-5-9-20(16)17(21)15(12-19)11-18(2,3)4/h7-8,10,15H,5-6,9,11-12,19H2,1-4H3. The largest absolute Gasteiger partial charge is 0.330 e. The molecule has 2 rings (SSSR count). The molecular formula is C18H28N2O. The molecule has 0 aromatic heterocycles. The van der Waals surface area contributed by atoms with Gasteiger partial charge in [-0.05, 0) is 43.2 Å². The van der Waals surface area contributed by atoms with Gasteiger partial charge in [0.25, 0.3) is 0 Å². The average Bonchev–Trinajstić information content (AvgIpc) is 2.42. The molecule has 3 heteroatoms. The summed E-state index contributed by atoms with van der Waals surface area (Å²) in [5, 5.41) is 0. The summed E-state index contributed by atoms with van der Waals surface area (Å²) in [6.45, 7) is 9.83. The molecule has 0 saturated heterocycles. The smallest absolute Gasteiger partial charge is 0.231 e. The highest BCUT2D eigenvalue weighted by Crippen LogP contribution is 2.31. The molecule has 116 valence electrons. The first-order chi connectivity index (χ1) is 9.81. The number of anilines is 1. The minimum absolute atomic E-state index is 0.0859. The summed E-state index contributed by atoms with van der Waals surface area (Å²) in [6.07, 6.45) is 2.93. The first kappa shape index (κ1) is 16.0. The summed E-state index contributed by atoms with van der Waals surface area (Å²) in [7, 11) is 0. The molecule has 0 radical (unpaired) electrons. The molecule has 21 heavy (non-hydrogen) atoms. The number of carbonyl (C=O) groups excluding carboxylic acids is 1. The van der Waals surface area contributed by atoms with Crippen LogP contribution in [0, 0.1) is 18.3 Å². The summed E-state index contributed by atoms with van der Waals surface area (Å²) in [5.74, 6) is 0.106. The van der Waals surface area contributed by atoms with Gasteiger partial charge in [0.1, 0.15) is 0 Å². The van der Waals surface area contributed by atoms with Crippen LogP contribution in [0.3, 0.4) is 0 Å². The SMILES string of the molecule is Cc1ccc2c(c1)CCCN2C(=O)C(CN)CC(C)(C)C. The van der Waals surface area contributed by atoms with Crippen LogP contribution in [0.1, 0.15) is 44.7 Å². The van der Waals surface area contributed by atoms with E-state index in [0.717, 1.165) is 31.5 Å². The number of carbonyl (C=O) groups is 1. The number of benzene rings is 1. The quantitative estimate of drug-likeness (QED) is 0.927. The number of aryl methyl sites for hydroxylation is 2. The predicted octanol–water partition coefficient (Wildman–Crippen LogP) is 3.29. The van der Waals surface area contributed by atoms with Gasteiger partial charge in [-0.3, -0.25) is 4.79 Å². The minimum Gasteiger partial charge on any atom is -0.330 e. The molecule has 1 unspecified atom stereocenters. The Bertz CT molecular complexity index is 516. The van der Waals surface area contributed by atoms with Crippen molar-refractivity contribution in [2.75, 3.05) is 18.0 Å². The Kier molecular flexibility index (Phi) is 4.72. The number of nitrogens with two attached hydrogens (primary N) is 1. The van der Waals surface area contributed by atoms with Crippen LogP contribution >= 0.6 is 0 Å². The van der Waals surface area contributed by atoms with Crippen molar-refractivity contribution >= 4 is 11.6 Å². The number of rotatable bonds is 3. The third kappa shape index (κ3) is 3.85. The maximum Gasteiger partial charge on any atom is 0.231 e. The lowest BCUT2D eigenvalue weighted by Gasteiger charge is -2.34. The van der Waals surface area contributed by atoms with Crippen LogP contribution in [0.5, 0.6) is 0 Å². The first-order valence-electron chi connectivity index (χ1n) is 7.93. The van der Waals surface area contributed by atoms with Crippen LogP contribution in [0.4, 0.5) is 5.69 Å². The zero-order valence-corrected chi connectivity index (χ0v) is 13.8. The molecule has 2 N–H and O–H groups in total. The lowest BCUT2D eigenvalue weighted by Crippen LogP contribution is -2.43. The monoisotopic (exact) mass is 288 g/mol. The number of hydrogen-bond acceptors (Lipinski definition) is 2. The van der Waals surface area contributed by atoms with Gasteiger partial charge in [-0.2, -0.15) is 0 Å². The van der Waals surface area contributed by atoms with Gasteiger partial charge in [0.15, 0.2) is 0 Å². The summed E-state index contributed by atoms with van der Waals surface area (Å²) in [5.41, 5.74) is 9.64. The van der Waals surface area contributed by atoms with Crippen molar-refractivity contribution in [3.8, 4) is 0 Å². The Morgan fingerprint density at radius 1 is 1.38 bits per heavy atom. The zero-order valence-electron chi connectivity index (χ0n) is 13.8. The molecule has 1 aliphatic heterocycles. The molecule has 0 aliphatic carbocycles. The van der Waals surface area contributed by atoms with E-state index in [1.54, 1.807) is 0 Å². The van der Waals surface area contributed by atoms with Crippen LogP contribution in [-0.2, 0) is 11.2 Å². The van der Waals surface area contributed by atoms with E-state index >= 15 is 0 Å². The molecular weight excluding hydrogens is 260 g/mol. The molecule has 1 atom stereocenters. The topological polar surface area (TPSA) is 46.3 Å². The summed E-state index contributed by atoms with van der Waals surface area (Å²) in [4.78, 5) is 14.9. The van der Waals surface area contributed by atoms with E-state index < -0.39 is 0 Å². The normalized spacial score (nSPS) is 16.5. The van der Waals surface area contributed by atoms with Crippen molar-refractivity contribution < 1.29 is 4.79 Å². The van der Waals surface area contributed by atoms with E-state index in [2.05, 4.69) is 45.9 Å². The van der Waals surface area contributed by atoms with Crippen LogP contribution in [0.2, 0.25) is 0 Å². The maximum atomic E-state index is 12.9. The fourth-order valence-corrected chi connectivity index (χ4v) is 3.19. The van der Waals surface area contributed by atoms with Crippen molar-refractivity contribution in [1.29, 1.82) is 0 Å². The Labute approximate surface area is 128 Å². The molecule has 1 aliphatic rings. The minimum atomic E-state index is -0.0859. The number of hydrogen-bond donors (Lipinski definition) is 1. The fraction of sp³-hybridized carbons (Fsp3) is 0.611. The second-order valence-electron chi connectivity index (χ2n) is 7.42. The number of amides is 1. The first-order valence-corrected chi connectivity index (χ1v) is 7.93. The Morgan fingerprint density at radius 2 is 2.10 bits per heavy atom. The molecule has 1 amide bonds. The Balaban J connectivity index is 2.24.